The third-order valence-electron chi connectivity index (χ3n) is 8.34. The zero-order valence-electron chi connectivity index (χ0n) is 26.9. The zero-order valence-corrected chi connectivity index (χ0v) is 26.9. The van der Waals surface area contributed by atoms with Crippen molar-refractivity contribution in [3.8, 4) is 16.9 Å². The van der Waals surface area contributed by atoms with E-state index in [0.717, 1.165) is 61.6 Å². The number of ether oxygens (including phenoxy) is 2. The zero-order chi connectivity index (χ0) is 32.6. The first-order valence-corrected chi connectivity index (χ1v) is 15.9. The number of nitrogens with zero attached hydrogens (tertiary/aromatic N) is 2. The van der Waals surface area contributed by atoms with Crippen LogP contribution in [0, 0.1) is 17.7 Å². The standard InChI is InChI=1S/C36H45FN6O3/c1-24(2)23-46-36(44)35-34(30-20-27(37)10-13-32(30)41-35)31(38)22-43(39)21-25-14-17-42(18-15-25)19-16-40-28-11-8-26(9-12-28)29-6-4-5-7-33(29)45-3/h4-13,20,22,24-25,40-41H,14-19,21,23,38-39H2,1-3H3/b31-22-. The largest absolute Gasteiger partial charge is 0.496 e. The van der Waals surface area contributed by atoms with Crippen molar-refractivity contribution >= 4 is 28.3 Å². The number of benzene rings is 3. The summed E-state index contributed by atoms with van der Waals surface area (Å²) in [6, 6.07) is 20.8. The van der Waals surface area contributed by atoms with Crippen LogP contribution in [0.1, 0.15) is 42.7 Å². The van der Waals surface area contributed by atoms with Crippen molar-refractivity contribution in [3.63, 3.8) is 0 Å². The lowest BCUT2D eigenvalue weighted by Crippen LogP contribution is -2.41. The van der Waals surface area contributed by atoms with Gasteiger partial charge in [0, 0.05) is 53.6 Å². The molecule has 0 aliphatic carbocycles. The van der Waals surface area contributed by atoms with E-state index >= 15 is 0 Å². The number of rotatable bonds is 13. The normalized spacial score (nSPS) is 14.5. The Kier molecular flexibility index (Phi) is 10.8. The Morgan fingerprint density at radius 2 is 1.87 bits per heavy atom. The number of methoxy groups -OCH3 is 1. The van der Waals surface area contributed by atoms with E-state index in [-0.39, 0.29) is 23.9 Å². The van der Waals surface area contributed by atoms with Crippen LogP contribution in [0.5, 0.6) is 5.75 Å². The van der Waals surface area contributed by atoms with E-state index in [1.807, 2.05) is 32.0 Å². The maximum Gasteiger partial charge on any atom is 0.355 e. The molecule has 1 aliphatic rings. The summed E-state index contributed by atoms with van der Waals surface area (Å²) in [6.07, 6.45) is 3.66. The van der Waals surface area contributed by atoms with Gasteiger partial charge in [0.1, 0.15) is 17.3 Å². The number of esters is 1. The molecule has 10 heteroatoms. The summed E-state index contributed by atoms with van der Waals surface area (Å²) in [5.41, 5.74) is 11.2. The second kappa shape index (κ2) is 15.2. The molecule has 5 rings (SSSR count). The number of piperidine rings is 1. The molecule has 1 fully saturated rings. The second-order valence-electron chi connectivity index (χ2n) is 12.3. The van der Waals surface area contributed by atoms with Gasteiger partial charge in [0.2, 0.25) is 0 Å². The number of hydrogen-bond donors (Lipinski definition) is 4. The van der Waals surface area contributed by atoms with E-state index in [9.17, 15) is 9.18 Å². The van der Waals surface area contributed by atoms with Crippen LogP contribution >= 0.6 is 0 Å². The number of anilines is 1. The number of nitrogens with one attached hydrogen (secondary N) is 2. The van der Waals surface area contributed by atoms with Gasteiger partial charge in [-0.1, -0.05) is 44.2 Å². The number of likely N-dealkylation sites (tertiary alicyclic amines) is 1. The minimum absolute atomic E-state index is 0.173. The van der Waals surface area contributed by atoms with Gasteiger partial charge in [-0.15, -0.1) is 0 Å². The van der Waals surface area contributed by atoms with Crippen molar-refractivity contribution in [2.24, 2.45) is 23.4 Å². The van der Waals surface area contributed by atoms with E-state index < -0.39 is 11.8 Å². The number of hydrazine groups is 1. The first-order chi connectivity index (χ1) is 22.2. The molecule has 4 aromatic rings. The molecule has 46 heavy (non-hydrogen) atoms. The monoisotopic (exact) mass is 628 g/mol. The van der Waals surface area contributed by atoms with Gasteiger partial charge < -0.3 is 35.4 Å². The Labute approximate surface area is 270 Å². The molecule has 1 aromatic heterocycles. The SMILES string of the molecule is COc1ccccc1-c1ccc(NCCN2CCC(CN(N)/C=C(\N)c3c(C(=O)OCC(C)C)[nH]c4ccc(F)cc34)CC2)cc1. The summed E-state index contributed by atoms with van der Waals surface area (Å²) < 4.78 is 25.1. The van der Waals surface area contributed by atoms with Crippen molar-refractivity contribution in [1.29, 1.82) is 0 Å². The fraction of sp³-hybridized carbons (Fsp3) is 0.361. The van der Waals surface area contributed by atoms with Gasteiger partial charge in [-0.2, -0.15) is 0 Å². The molecule has 1 saturated heterocycles. The van der Waals surface area contributed by atoms with Crippen LogP contribution in [0.2, 0.25) is 0 Å². The average molecular weight is 629 g/mol. The number of carbonyl (C=O) groups is 1. The number of aromatic amines is 1. The van der Waals surface area contributed by atoms with Crippen LogP contribution in [0.25, 0.3) is 27.7 Å². The number of para-hydroxylation sites is 1. The van der Waals surface area contributed by atoms with Gasteiger partial charge in [0.05, 0.1) is 19.4 Å². The summed E-state index contributed by atoms with van der Waals surface area (Å²) in [5, 5.41) is 5.62. The van der Waals surface area contributed by atoms with E-state index in [4.69, 9.17) is 21.1 Å². The van der Waals surface area contributed by atoms with Crippen molar-refractivity contribution < 1.29 is 18.7 Å². The highest BCUT2D eigenvalue weighted by Crippen LogP contribution is 2.31. The van der Waals surface area contributed by atoms with Crippen LogP contribution < -0.4 is 21.6 Å². The van der Waals surface area contributed by atoms with E-state index in [2.05, 4.69) is 45.5 Å². The van der Waals surface area contributed by atoms with Gasteiger partial charge in [0.25, 0.3) is 0 Å². The number of halogens is 1. The molecule has 0 saturated carbocycles. The Morgan fingerprint density at radius 3 is 2.59 bits per heavy atom. The molecule has 0 unspecified atom stereocenters. The first-order valence-electron chi connectivity index (χ1n) is 15.9. The average Bonchev–Trinajstić information content (AvgIpc) is 3.43. The highest BCUT2D eigenvalue weighted by Gasteiger charge is 2.23. The molecule has 0 radical (unpaired) electrons. The smallest absolute Gasteiger partial charge is 0.355 e. The lowest BCUT2D eigenvalue weighted by atomic mass is 9.96. The molecule has 244 valence electrons. The summed E-state index contributed by atoms with van der Waals surface area (Å²) in [6.45, 7) is 8.58. The number of H-pyrrole nitrogens is 1. The number of carbonyl (C=O) groups excluding carboxylic acids is 1. The predicted molar refractivity (Wildman–Crippen MR) is 183 cm³/mol. The predicted octanol–water partition coefficient (Wildman–Crippen LogP) is 6.05. The first kappa shape index (κ1) is 32.8. The minimum Gasteiger partial charge on any atom is -0.496 e. The molecular formula is C36H45FN6O3. The molecule has 6 N–H and O–H groups in total. The minimum atomic E-state index is -0.535. The molecule has 0 bridgehead atoms. The van der Waals surface area contributed by atoms with Crippen molar-refractivity contribution in [2.75, 3.05) is 51.8 Å². The molecule has 0 atom stereocenters. The highest BCUT2D eigenvalue weighted by molar-refractivity contribution is 6.04. The van der Waals surface area contributed by atoms with Crippen molar-refractivity contribution in [3.05, 3.63) is 90.0 Å². The molecule has 1 aliphatic heterocycles. The number of hydrogen-bond acceptors (Lipinski definition) is 8. The lowest BCUT2D eigenvalue weighted by molar-refractivity contribution is 0.0452. The lowest BCUT2D eigenvalue weighted by Gasteiger charge is -2.33. The number of nitrogens with two attached hydrogens (primary N) is 2. The van der Waals surface area contributed by atoms with Crippen LogP contribution in [-0.4, -0.2) is 67.3 Å². The van der Waals surface area contributed by atoms with E-state index in [1.54, 1.807) is 24.4 Å². The molecule has 3 aromatic carbocycles. The van der Waals surface area contributed by atoms with E-state index in [1.165, 1.54) is 12.1 Å². The van der Waals surface area contributed by atoms with Crippen molar-refractivity contribution in [2.45, 2.75) is 26.7 Å². The van der Waals surface area contributed by atoms with Crippen LogP contribution in [0.4, 0.5) is 10.1 Å². The summed E-state index contributed by atoms with van der Waals surface area (Å²) in [5.74, 6) is 6.88. The summed E-state index contributed by atoms with van der Waals surface area (Å²) in [4.78, 5) is 18.4. The highest BCUT2D eigenvalue weighted by atomic mass is 19.1. The maximum atomic E-state index is 14.2. The summed E-state index contributed by atoms with van der Waals surface area (Å²) in [7, 11) is 1.69. The summed E-state index contributed by atoms with van der Waals surface area (Å²) >= 11 is 0. The van der Waals surface area contributed by atoms with Gasteiger partial charge >= 0.3 is 5.97 Å². The van der Waals surface area contributed by atoms with Gasteiger partial charge in [-0.3, -0.25) is 0 Å². The van der Waals surface area contributed by atoms with E-state index in [0.29, 0.717) is 28.9 Å². The molecule has 2 heterocycles. The van der Waals surface area contributed by atoms with Gasteiger partial charge in [-0.05, 0) is 79.7 Å². The maximum absolute atomic E-state index is 14.2. The van der Waals surface area contributed by atoms with Crippen LogP contribution in [0.15, 0.2) is 72.9 Å². The van der Waals surface area contributed by atoms with Crippen LogP contribution in [0.3, 0.4) is 0 Å². The quantitative estimate of drug-likeness (QED) is 0.0802. The Hall–Kier alpha value is -4.54. The molecule has 0 spiro atoms. The third kappa shape index (κ3) is 8.18. The Bertz CT molecular complexity index is 1640. The van der Waals surface area contributed by atoms with Crippen LogP contribution in [-0.2, 0) is 4.74 Å². The molecule has 0 amide bonds. The molecular weight excluding hydrogens is 583 g/mol. The Morgan fingerprint density at radius 1 is 1.13 bits per heavy atom. The fourth-order valence-corrected chi connectivity index (χ4v) is 5.93. The number of aromatic nitrogens is 1. The third-order valence-corrected chi connectivity index (χ3v) is 8.34. The topological polar surface area (TPSA) is 122 Å². The Balaban J connectivity index is 1.12. The second-order valence-corrected chi connectivity index (χ2v) is 12.3. The van der Waals surface area contributed by atoms with Gasteiger partial charge in [0.15, 0.2) is 0 Å². The molecule has 9 nitrogen and oxygen atoms in total. The fourth-order valence-electron chi connectivity index (χ4n) is 5.93. The van der Waals surface area contributed by atoms with Gasteiger partial charge in [-0.25, -0.2) is 15.0 Å². The number of fused-ring (bicyclic) bond motifs is 1. The van der Waals surface area contributed by atoms with Crippen molar-refractivity contribution in [1.82, 2.24) is 14.9 Å².